The van der Waals surface area contributed by atoms with Gasteiger partial charge in [0.2, 0.25) is 0 Å². The van der Waals surface area contributed by atoms with Crippen LogP contribution in [0.5, 0.6) is 0 Å². The largest absolute Gasteiger partial charge is 0.477 e. The van der Waals surface area contributed by atoms with Gasteiger partial charge >= 0.3 is 5.97 Å². The standard InChI is InChI=1S/C13H12O2S/c1-9-3-2-4-10(7-9)8-11-5-6-12(16-11)13(14)15/h2-7H,8H2,1H3,(H,14,15). The molecule has 0 aliphatic rings. The molecule has 1 N–H and O–H groups in total. The van der Waals surface area contributed by atoms with Gasteiger partial charge in [0.15, 0.2) is 0 Å². The van der Waals surface area contributed by atoms with E-state index in [9.17, 15) is 4.79 Å². The first-order chi connectivity index (χ1) is 7.65. The van der Waals surface area contributed by atoms with Crippen LogP contribution < -0.4 is 0 Å². The zero-order valence-electron chi connectivity index (χ0n) is 8.93. The molecule has 0 unspecified atom stereocenters. The number of carboxylic acid groups (broad SMARTS) is 1. The third-order valence-electron chi connectivity index (χ3n) is 2.33. The lowest BCUT2D eigenvalue weighted by Crippen LogP contribution is -1.89. The molecule has 0 aliphatic carbocycles. The van der Waals surface area contributed by atoms with Crippen LogP contribution in [0, 0.1) is 6.92 Å². The summed E-state index contributed by atoms with van der Waals surface area (Å²) in [5.74, 6) is -0.847. The molecule has 0 saturated carbocycles. The highest BCUT2D eigenvalue weighted by molar-refractivity contribution is 7.13. The van der Waals surface area contributed by atoms with Crippen LogP contribution in [0.3, 0.4) is 0 Å². The van der Waals surface area contributed by atoms with Crippen LogP contribution in [0.15, 0.2) is 36.4 Å². The van der Waals surface area contributed by atoms with Gasteiger partial charge in [-0.05, 0) is 24.6 Å². The first-order valence-electron chi connectivity index (χ1n) is 5.03. The molecule has 0 atom stereocenters. The minimum atomic E-state index is -0.847. The summed E-state index contributed by atoms with van der Waals surface area (Å²) in [4.78, 5) is 12.2. The molecule has 0 aliphatic heterocycles. The van der Waals surface area contributed by atoms with Crippen LogP contribution >= 0.6 is 11.3 Å². The molecule has 1 aromatic heterocycles. The van der Waals surface area contributed by atoms with Crippen molar-refractivity contribution in [2.75, 3.05) is 0 Å². The third-order valence-corrected chi connectivity index (χ3v) is 3.41. The monoisotopic (exact) mass is 232 g/mol. The Kier molecular flexibility index (Phi) is 3.06. The fourth-order valence-corrected chi connectivity index (χ4v) is 2.49. The molecule has 0 fully saturated rings. The first-order valence-corrected chi connectivity index (χ1v) is 5.84. The molecule has 2 rings (SSSR count). The summed E-state index contributed by atoms with van der Waals surface area (Å²) in [6.07, 6.45) is 0.805. The molecule has 1 heterocycles. The lowest BCUT2D eigenvalue weighted by molar-refractivity contribution is 0.0702. The average molecular weight is 232 g/mol. The average Bonchev–Trinajstić information content (AvgIpc) is 2.66. The minimum absolute atomic E-state index is 0.405. The lowest BCUT2D eigenvalue weighted by atomic mass is 10.1. The molecule has 2 aromatic rings. The maximum atomic E-state index is 10.7. The molecule has 3 heteroatoms. The molecular weight excluding hydrogens is 220 g/mol. The van der Waals surface area contributed by atoms with Crippen molar-refractivity contribution in [2.24, 2.45) is 0 Å². The van der Waals surface area contributed by atoms with Crippen molar-refractivity contribution >= 4 is 17.3 Å². The lowest BCUT2D eigenvalue weighted by Gasteiger charge is -1.99. The Morgan fingerprint density at radius 3 is 2.75 bits per heavy atom. The molecule has 0 saturated heterocycles. The second-order valence-corrected chi connectivity index (χ2v) is 4.91. The SMILES string of the molecule is Cc1cccc(Cc2ccc(C(=O)O)s2)c1. The van der Waals surface area contributed by atoms with Gasteiger partial charge in [-0.2, -0.15) is 0 Å². The van der Waals surface area contributed by atoms with Gasteiger partial charge in [0, 0.05) is 11.3 Å². The Bertz CT molecular complexity index is 514. The fraction of sp³-hybridized carbons (Fsp3) is 0.154. The third kappa shape index (κ3) is 2.49. The number of carboxylic acids is 1. The molecule has 16 heavy (non-hydrogen) atoms. The van der Waals surface area contributed by atoms with E-state index in [1.807, 2.05) is 12.1 Å². The van der Waals surface area contributed by atoms with Crippen LogP contribution in [0.25, 0.3) is 0 Å². The van der Waals surface area contributed by atoms with E-state index in [-0.39, 0.29) is 0 Å². The van der Waals surface area contributed by atoms with Crippen LogP contribution in [0.2, 0.25) is 0 Å². The molecule has 0 spiro atoms. The normalized spacial score (nSPS) is 10.3. The van der Waals surface area contributed by atoms with Crippen molar-refractivity contribution in [1.82, 2.24) is 0 Å². The van der Waals surface area contributed by atoms with E-state index < -0.39 is 5.97 Å². The Labute approximate surface area is 98.2 Å². The van der Waals surface area contributed by atoms with Crippen LogP contribution in [0.4, 0.5) is 0 Å². The van der Waals surface area contributed by atoms with Crippen molar-refractivity contribution in [3.05, 3.63) is 57.3 Å². The van der Waals surface area contributed by atoms with Crippen molar-refractivity contribution in [3.8, 4) is 0 Å². The van der Waals surface area contributed by atoms with E-state index in [1.54, 1.807) is 6.07 Å². The van der Waals surface area contributed by atoms with Crippen LogP contribution in [0.1, 0.15) is 25.7 Å². The van der Waals surface area contributed by atoms with Crippen molar-refractivity contribution in [3.63, 3.8) is 0 Å². The van der Waals surface area contributed by atoms with E-state index >= 15 is 0 Å². The molecule has 1 aromatic carbocycles. The van der Waals surface area contributed by atoms with Gasteiger partial charge in [-0.3, -0.25) is 0 Å². The number of aryl methyl sites for hydroxylation is 1. The summed E-state index contributed by atoms with van der Waals surface area (Å²) in [6, 6.07) is 11.8. The number of rotatable bonds is 3. The van der Waals surface area contributed by atoms with Gasteiger partial charge in [0.25, 0.3) is 0 Å². The first kappa shape index (κ1) is 10.9. The molecule has 0 radical (unpaired) electrons. The van der Waals surface area contributed by atoms with E-state index in [4.69, 9.17) is 5.11 Å². The highest BCUT2D eigenvalue weighted by Gasteiger charge is 2.07. The van der Waals surface area contributed by atoms with Gasteiger partial charge in [-0.15, -0.1) is 11.3 Å². The summed E-state index contributed by atoms with van der Waals surface area (Å²) in [6.45, 7) is 2.06. The summed E-state index contributed by atoms with van der Waals surface area (Å²) < 4.78 is 0. The topological polar surface area (TPSA) is 37.3 Å². The molecule has 2 nitrogen and oxygen atoms in total. The Balaban J connectivity index is 2.17. The predicted molar refractivity (Wildman–Crippen MR) is 65.3 cm³/mol. The quantitative estimate of drug-likeness (QED) is 0.881. The molecule has 82 valence electrons. The van der Waals surface area contributed by atoms with Gasteiger partial charge in [-0.25, -0.2) is 4.79 Å². The zero-order chi connectivity index (χ0) is 11.5. The summed E-state index contributed by atoms with van der Waals surface area (Å²) in [5.41, 5.74) is 2.45. The number of aromatic carboxylic acids is 1. The van der Waals surface area contributed by atoms with E-state index in [1.165, 1.54) is 22.5 Å². The van der Waals surface area contributed by atoms with E-state index in [0.29, 0.717) is 4.88 Å². The second-order valence-electron chi connectivity index (χ2n) is 3.74. The fourth-order valence-electron chi connectivity index (χ4n) is 1.61. The maximum absolute atomic E-state index is 10.7. The number of thiophene rings is 1. The number of hydrogen-bond acceptors (Lipinski definition) is 2. The van der Waals surface area contributed by atoms with E-state index in [2.05, 4.69) is 25.1 Å². The molecule has 0 bridgehead atoms. The predicted octanol–water partition coefficient (Wildman–Crippen LogP) is 3.35. The molecule has 0 amide bonds. The number of hydrogen-bond donors (Lipinski definition) is 1. The summed E-state index contributed by atoms with van der Waals surface area (Å²) >= 11 is 1.34. The number of benzene rings is 1. The van der Waals surface area contributed by atoms with Crippen molar-refractivity contribution in [1.29, 1.82) is 0 Å². The van der Waals surface area contributed by atoms with Gasteiger partial charge in [0.05, 0.1) is 0 Å². The van der Waals surface area contributed by atoms with Gasteiger partial charge < -0.3 is 5.11 Å². The molecular formula is C13H12O2S. The van der Waals surface area contributed by atoms with Gasteiger partial charge in [-0.1, -0.05) is 29.8 Å². The highest BCUT2D eigenvalue weighted by atomic mass is 32.1. The minimum Gasteiger partial charge on any atom is -0.477 e. The Hall–Kier alpha value is -1.61. The Morgan fingerprint density at radius 1 is 1.31 bits per heavy atom. The zero-order valence-corrected chi connectivity index (χ0v) is 9.75. The van der Waals surface area contributed by atoms with Gasteiger partial charge in [0.1, 0.15) is 4.88 Å². The summed E-state index contributed by atoms with van der Waals surface area (Å²) in [7, 11) is 0. The summed E-state index contributed by atoms with van der Waals surface area (Å²) in [5, 5.41) is 8.82. The Morgan fingerprint density at radius 2 is 2.12 bits per heavy atom. The number of carbonyl (C=O) groups is 1. The van der Waals surface area contributed by atoms with Crippen molar-refractivity contribution in [2.45, 2.75) is 13.3 Å². The highest BCUT2D eigenvalue weighted by Crippen LogP contribution is 2.20. The van der Waals surface area contributed by atoms with Crippen molar-refractivity contribution < 1.29 is 9.90 Å². The maximum Gasteiger partial charge on any atom is 0.345 e. The smallest absolute Gasteiger partial charge is 0.345 e. The second kappa shape index (κ2) is 4.49. The van der Waals surface area contributed by atoms with E-state index in [0.717, 1.165) is 11.3 Å². The van der Waals surface area contributed by atoms with Crippen LogP contribution in [-0.2, 0) is 6.42 Å². The van der Waals surface area contributed by atoms with Crippen LogP contribution in [-0.4, -0.2) is 11.1 Å².